The molecule has 6 nitrogen and oxygen atoms in total. The molecule has 1 aromatic heterocycles. The molecule has 2 amide bonds. The van der Waals surface area contributed by atoms with E-state index in [-0.39, 0.29) is 11.8 Å². The minimum absolute atomic E-state index is 0.229. The Kier molecular flexibility index (Phi) is 4.38. The predicted molar refractivity (Wildman–Crippen MR) is 127 cm³/mol. The fourth-order valence-corrected chi connectivity index (χ4v) is 5.24. The van der Waals surface area contributed by atoms with Gasteiger partial charge in [-0.1, -0.05) is 54.6 Å². The number of nitrogens with one attached hydrogen (secondary N) is 1. The molecule has 2 saturated heterocycles. The van der Waals surface area contributed by atoms with Gasteiger partial charge in [-0.15, -0.1) is 0 Å². The molecular formula is C27H23N3O3. The van der Waals surface area contributed by atoms with Gasteiger partial charge in [0.15, 0.2) is 6.10 Å². The van der Waals surface area contributed by atoms with Gasteiger partial charge >= 0.3 is 0 Å². The van der Waals surface area contributed by atoms with Crippen molar-refractivity contribution in [3.63, 3.8) is 0 Å². The van der Waals surface area contributed by atoms with Crippen LogP contribution in [0.25, 0.3) is 10.9 Å². The topological polar surface area (TPSA) is 65.6 Å². The van der Waals surface area contributed by atoms with Crippen LogP contribution in [0.5, 0.6) is 0 Å². The monoisotopic (exact) mass is 437 g/mol. The Balaban J connectivity index is 1.53. The zero-order chi connectivity index (χ0) is 22.7. The summed E-state index contributed by atoms with van der Waals surface area (Å²) >= 11 is 0. The third-order valence-electron chi connectivity index (χ3n) is 6.72. The van der Waals surface area contributed by atoms with E-state index in [1.54, 1.807) is 5.06 Å². The van der Waals surface area contributed by atoms with Gasteiger partial charge < -0.3 is 4.98 Å². The summed E-state index contributed by atoms with van der Waals surface area (Å²) in [6.07, 6.45) is -0.879. The standard InChI is InChI=1S/C27H23N3O3/c1-16-10-6-9-15-21(16)29-26(31)23-24(22-17(2)28-20-14-8-7-13-19(20)22)30(33-25(23)27(29)32)18-11-4-3-5-12-18/h3-15,23-25,28H,1-2H3/t23-,24+,25-/m1/s1. The number of aryl methyl sites for hydroxylation is 2. The van der Waals surface area contributed by atoms with Crippen molar-refractivity contribution in [2.75, 3.05) is 9.96 Å². The first-order chi connectivity index (χ1) is 16.1. The minimum atomic E-state index is -0.879. The summed E-state index contributed by atoms with van der Waals surface area (Å²) < 4.78 is 0. The molecule has 0 radical (unpaired) electrons. The maximum atomic E-state index is 13.9. The maximum Gasteiger partial charge on any atom is 0.266 e. The number of rotatable bonds is 3. The molecule has 0 bridgehead atoms. The average Bonchev–Trinajstić information content (AvgIpc) is 3.44. The van der Waals surface area contributed by atoms with E-state index in [1.165, 1.54) is 4.90 Å². The molecule has 33 heavy (non-hydrogen) atoms. The van der Waals surface area contributed by atoms with Crippen LogP contribution in [-0.4, -0.2) is 22.9 Å². The van der Waals surface area contributed by atoms with Gasteiger partial charge in [0.1, 0.15) is 5.92 Å². The Bertz CT molecular complexity index is 1390. The van der Waals surface area contributed by atoms with E-state index in [1.807, 2.05) is 92.7 Å². The molecule has 6 heteroatoms. The number of benzene rings is 3. The number of nitrogens with zero attached hydrogens (tertiary/aromatic N) is 2. The lowest BCUT2D eigenvalue weighted by Gasteiger charge is -2.29. The molecule has 3 heterocycles. The van der Waals surface area contributed by atoms with E-state index < -0.39 is 18.1 Å². The lowest BCUT2D eigenvalue weighted by Crippen LogP contribution is -2.37. The normalized spacial score (nSPS) is 22.4. The second kappa shape index (κ2) is 7.32. The van der Waals surface area contributed by atoms with Crippen molar-refractivity contribution >= 4 is 34.1 Å². The number of amides is 2. The largest absolute Gasteiger partial charge is 0.358 e. The summed E-state index contributed by atoms with van der Waals surface area (Å²) in [6.45, 7) is 3.91. The van der Waals surface area contributed by atoms with E-state index in [0.717, 1.165) is 33.4 Å². The second-order valence-electron chi connectivity index (χ2n) is 8.67. The summed E-state index contributed by atoms with van der Waals surface area (Å²) in [4.78, 5) is 38.4. The minimum Gasteiger partial charge on any atom is -0.358 e. The number of carbonyl (C=O) groups is 2. The van der Waals surface area contributed by atoms with E-state index in [0.29, 0.717) is 5.69 Å². The summed E-state index contributed by atoms with van der Waals surface area (Å²) in [5, 5.41) is 2.78. The number of anilines is 2. The summed E-state index contributed by atoms with van der Waals surface area (Å²) in [5.74, 6) is -1.21. The first-order valence-corrected chi connectivity index (χ1v) is 11.1. The van der Waals surface area contributed by atoms with E-state index in [9.17, 15) is 9.59 Å². The highest BCUT2D eigenvalue weighted by atomic mass is 16.7. The number of imide groups is 1. The molecule has 1 N–H and O–H groups in total. The summed E-state index contributed by atoms with van der Waals surface area (Å²) in [7, 11) is 0. The number of aromatic nitrogens is 1. The zero-order valence-corrected chi connectivity index (χ0v) is 18.4. The zero-order valence-electron chi connectivity index (χ0n) is 18.4. The molecule has 3 atom stereocenters. The highest BCUT2D eigenvalue weighted by molar-refractivity contribution is 6.24. The van der Waals surface area contributed by atoms with Gasteiger partial charge in [0, 0.05) is 22.2 Å². The van der Waals surface area contributed by atoms with Gasteiger partial charge in [0.05, 0.1) is 17.4 Å². The quantitative estimate of drug-likeness (QED) is 0.466. The van der Waals surface area contributed by atoms with Crippen molar-refractivity contribution in [3.05, 3.63) is 95.7 Å². The van der Waals surface area contributed by atoms with Crippen LogP contribution in [0.3, 0.4) is 0 Å². The van der Waals surface area contributed by atoms with Gasteiger partial charge in [-0.2, -0.15) is 0 Å². The third kappa shape index (κ3) is 2.84. The van der Waals surface area contributed by atoms with Crippen LogP contribution in [0.4, 0.5) is 11.4 Å². The van der Waals surface area contributed by atoms with Crippen molar-refractivity contribution in [2.45, 2.75) is 26.0 Å². The number of aromatic amines is 1. The van der Waals surface area contributed by atoms with Crippen molar-refractivity contribution < 1.29 is 14.4 Å². The van der Waals surface area contributed by atoms with Crippen LogP contribution in [-0.2, 0) is 14.4 Å². The molecule has 4 aromatic rings. The molecule has 3 aromatic carbocycles. The van der Waals surface area contributed by atoms with Crippen LogP contribution < -0.4 is 9.96 Å². The fourth-order valence-electron chi connectivity index (χ4n) is 5.24. The van der Waals surface area contributed by atoms with E-state index >= 15 is 0 Å². The van der Waals surface area contributed by atoms with Gasteiger partial charge in [0.2, 0.25) is 5.91 Å². The van der Waals surface area contributed by atoms with Crippen molar-refractivity contribution in [1.82, 2.24) is 4.98 Å². The molecule has 2 aliphatic heterocycles. The Morgan fingerprint density at radius 1 is 0.818 bits per heavy atom. The summed E-state index contributed by atoms with van der Waals surface area (Å²) in [6, 6.07) is 24.7. The fraction of sp³-hybridized carbons (Fsp3) is 0.185. The molecule has 2 aliphatic rings. The van der Waals surface area contributed by atoms with Crippen LogP contribution in [0.1, 0.15) is 22.9 Å². The Hall–Kier alpha value is -3.90. The molecular weight excluding hydrogens is 414 g/mol. The van der Waals surface area contributed by atoms with Gasteiger partial charge in [0.25, 0.3) is 5.91 Å². The van der Waals surface area contributed by atoms with Crippen molar-refractivity contribution in [3.8, 4) is 0 Å². The Morgan fingerprint density at radius 3 is 2.30 bits per heavy atom. The molecule has 0 aliphatic carbocycles. The number of fused-ring (bicyclic) bond motifs is 2. The molecule has 164 valence electrons. The van der Waals surface area contributed by atoms with Crippen LogP contribution in [0, 0.1) is 19.8 Å². The van der Waals surface area contributed by atoms with E-state index in [2.05, 4.69) is 4.98 Å². The van der Waals surface area contributed by atoms with Crippen molar-refractivity contribution in [2.24, 2.45) is 5.92 Å². The first kappa shape index (κ1) is 19.8. The number of para-hydroxylation sites is 3. The number of hydrogen-bond acceptors (Lipinski definition) is 4. The Labute approximate surface area is 191 Å². The summed E-state index contributed by atoms with van der Waals surface area (Å²) in [5.41, 5.74) is 5.24. The Morgan fingerprint density at radius 2 is 1.52 bits per heavy atom. The maximum absolute atomic E-state index is 13.9. The lowest BCUT2D eigenvalue weighted by molar-refractivity contribution is -0.126. The molecule has 6 rings (SSSR count). The number of carbonyl (C=O) groups excluding carboxylic acids is 2. The average molecular weight is 437 g/mol. The van der Waals surface area contributed by atoms with Gasteiger partial charge in [-0.25, -0.2) is 9.96 Å². The smallest absolute Gasteiger partial charge is 0.266 e. The van der Waals surface area contributed by atoms with Crippen LogP contribution >= 0.6 is 0 Å². The van der Waals surface area contributed by atoms with Crippen molar-refractivity contribution in [1.29, 1.82) is 0 Å². The number of hydrogen-bond donors (Lipinski definition) is 1. The van der Waals surface area contributed by atoms with Gasteiger partial charge in [-0.3, -0.25) is 14.4 Å². The predicted octanol–water partition coefficient (Wildman–Crippen LogP) is 4.84. The molecule has 0 spiro atoms. The number of H-pyrrole nitrogens is 1. The van der Waals surface area contributed by atoms with Crippen LogP contribution in [0.15, 0.2) is 78.9 Å². The van der Waals surface area contributed by atoms with Crippen LogP contribution in [0.2, 0.25) is 0 Å². The highest BCUT2D eigenvalue weighted by Gasteiger charge is 2.61. The SMILES string of the molecule is Cc1ccccc1N1C(=O)[C@H]2[C@@H](ON(c3ccccc3)[C@H]2c2c(C)[nH]c3ccccc23)C1=O. The third-order valence-corrected chi connectivity index (χ3v) is 6.72. The van der Waals surface area contributed by atoms with Gasteiger partial charge in [-0.05, 0) is 43.7 Å². The number of hydroxylamine groups is 1. The molecule has 0 unspecified atom stereocenters. The second-order valence-corrected chi connectivity index (χ2v) is 8.67. The first-order valence-electron chi connectivity index (χ1n) is 11.1. The molecule has 0 saturated carbocycles. The van der Waals surface area contributed by atoms with E-state index in [4.69, 9.17) is 4.84 Å². The highest BCUT2D eigenvalue weighted by Crippen LogP contribution is 2.50. The molecule has 2 fully saturated rings. The lowest BCUT2D eigenvalue weighted by atomic mass is 9.89.